The molecule has 2 amide bonds. The van der Waals surface area contributed by atoms with Crippen molar-refractivity contribution in [1.82, 2.24) is 5.32 Å². The number of hydrogen-bond acceptors (Lipinski definition) is 3. The molecular weight excluding hydrogens is 332 g/mol. The SMILES string of the molecule is Cc1cc(C)c(C(=O)Nc2ccc(C(=O)NC(C)C(=O)O)cc2)c(C)c1. The van der Waals surface area contributed by atoms with Gasteiger partial charge in [-0.3, -0.25) is 14.4 Å². The van der Waals surface area contributed by atoms with E-state index in [0.717, 1.165) is 16.7 Å². The summed E-state index contributed by atoms with van der Waals surface area (Å²) in [5.74, 6) is -1.80. The van der Waals surface area contributed by atoms with Gasteiger partial charge in [-0.2, -0.15) is 0 Å². The Bertz CT molecular complexity index is 834. The van der Waals surface area contributed by atoms with Gasteiger partial charge < -0.3 is 15.7 Å². The van der Waals surface area contributed by atoms with Crippen LogP contribution in [0.2, 0.25) is 0 Å². The third-order valence-corrected chi connectivity index (χ3v) is 4.03. The molecule has 1 unspecified atom stereocenters. The summed E-state index contributed by atoms with van der Waals surface area (Å²) in [6, 6.07) is 9.23. The molecule has 0 aromatic heterocycles. The van der Waals surface area contributed by atoms with E-state index in [0.29, 0.717) is 16.8 Å². The smallest absolute Gasteiger partial charge is 0.325 e. The Hall–Kier alpha value is -3.15. The molecule has 26 heavy (non-hydrogen) atoms. The number of aliphatic carboxylic acids is 1. The van der Waals surface area contributed by atoms with Crippen molar-refractivity contribution in [3.63, 3.8) is 0 Å². The van der Waals surface area contributed by atoms with Crippen molar-refractivity contribution < 1.29 is 19.5 Å². The Morgan fingerprint density at radius 2 is 1.46 bits per heavy atom. The fraction of sp³-hybridized carbons (Fsp3) is 0.250. The number of amides is 2. The molecule has 3 N–H and O–H groups in total. The highest BCUT2D eigenvalue weighted by Crippen LogP contribution is 2.19. The zero-order valence-corrected chi connectivity index (χ0v) is 15.2. The number of carboxylic acid groups (broad SMARTS) is 1. The first-order chi connectivity index (χ1) is 12.2. The van der Waals surface area contributed by atoms with E-state index in [1.54, 1.807) is 12.1 Å². The van der Waals surface area contributed by atoms with Crippen LogP contribution in [0.4, 0.5) is 5.69 Å². The number of hydrogen-bond donors (Lipinski definition) is 3. The molecule has 0 saturated carbocycles. The minimum Gasteiger partial charge on any atom is -0.480 e. The predicted molar refractivity (Wildman–Crippen MR) is 99.6 cm³/mol. The maximum atomic E-state index is 12.6. The highest BCUT2D eigenvalue weighted by atomic mass is 16.4. The summed E-state index contributed by atoms with van der Waals surface area (Å²) in [5, 5.41) is 14.0. The van der Waals surface area contributed by atoms with Crippen molar-refractivity contribution in [2.45, 2.75) is 33.7 Å². The maximum absolute atomic E-state index is 12.6. The van der Waals surface area contributed by atoms with Gasteiger partial charge in [-0.05, 0) is 63.1 Å². The van der Waals surface area contributed by atoms with Crippen LogP contribution in [0.15, 0.2) is 36.4 Å². The zero-order chi connectivity index (χ0) is 19.4. The molecule has 6 nitrogen and oxygen atoms in total. The first kappa shape index (κ1) is 19.2. The van der Waals surface area contributed by atoms with Crippen LogP contribution in [-0.2, 0) is 4.79 Å². The van der Waals surface area contributed by atoms with Gasteiger partial charge in [0, 0.05) is 16.8 Å². The Morgan fingerprint density at radius 1 is 0.923 bits per heavy atom. The van der Waals surface area contributed by atoms with Crippen molar-refractivity contribution in [1.29, 1.82) is 0 Å². The molecule has 2 aromatic carbocycles. The van der Waals surface area contributed by atoms with Crippen LogP contribution in [-0.4, -0.2) is 28.9 Å². The molecule has 6 heteroatoms. The minimum absolute atomic E-state index is 0.211. The van der Waals surface area contributed by atoms with Crippen LogP contribution in [0.5, 0.6) is 0 Å². The number of carboxylic acids is 1. The van der Waals surface area contributed by atoms with Crippen LogP contribution in [0.3, 0.4) is 0 Å². The normalized spacial score (nSPS) is 11.5. The number of anilines is 1. The molecule has 0 spiro atoms. The number of carbonyl (C=O) groups excluding carboxylic acids is 2. The second-order valence-electron chi connectivity index (χ2n) is 6.34. The second-order valence-corrected chi connectivity index (χ2v) is 6.34. The molecule has 0 saturated heterocycles. The zero-order valence-electron chi connectivity index (χ0n) is 15.2. The number of nitrogens with one attached hydrogen (secondary N) is 2. The topological polar surface area (TPSA) is 95.5 Å². The Labute approximate surface area is 152 Å². The molecule has 0 heterocycles. The van der Waals surface area contributed by atoms with Crippen LogP contribution >= 0.6 is 0 Å². The summed E-state index contributed by atoms with van der Waals surface area (Å²) in [6.07, 6.45) is 0. The number of aryl methyl sites for hydroxylation is 3. The lowest BCUT2D eigenvalue weighted by molar-refractivity contribution is -0.138. The van der Waals surface area contributed by atoms with Crippen molar-refractivity contribution in [2.24, 2.45) is 0 Å². The molecule has 0 aliphatic rings. The van der Waals surface area contributed by atoms with Crippen molar-refractivity contribution in [3.8, 4) is 0 Å². The van der Waals surface area contributed by atoms with Crippen LogP contribution < -0.4 is 10.6 Å². The molecule has 0 aliphatic heterocycles. The van der Waals surface area contributed by atoms with Gasteiger partial charge in [0.05, 0.1) is 0 Å². The van der Waals surface area contributed by atoms with Crippen LogP contribution in [0.25, 0.3) is 0 Å². The number of carbonyl (C=O) groups is 3. The van der Waals surface area contributed by atoms with Gasteiger partial charge in [0.15, 0.2) is 0 Å². The standard InChI is InChI=1S/C20H22N2O4/c1-11-9-12(2)17(13(3)10-11)19(24)22-16-7-5-15(6-8-16)18(23)21-14(4)20(25)26/h5-10,14H,1-4H3,(H,21,23)(H,22,24)(H,25,26). The quantitative estimate of drug-likeness (QED) is 0.769. The summed E-state index contributed by atoms with van der Waals surface area (Å²) in [4.78, 5) is 35.3. The van der Waals surface area contributed by atoms with Crippen molar-refractivity contribution >= 4 is 23.5 Å². The van der Waals surface area contributed by atoms with E-state index in [4.69, 9.17) is 5.11 Å². The van der Waals surface area contributed by atoms with Gasteiger partial charge in [0.25, 0.3) is 11.8 Å². The van der Waals surface area contributed by atoms with Crippen molar-refractivity contribution in [2.75, 3.05) is 5.32 Å². The summed E-state index contributed by atoms with van der Waals surface area (Å²) < 4.78 is 0. The Morgan fingerprint density at radius 3 is 1.96 bits per heavy atom. The average molecular weight is 354 g/mol. The lowest BCUT2D eigenvalue weighted by Gasteiger charge is -2.12. The van der Waals surface area contributed by atoms with E-state index in [1.165, 1.54) is 19.1 Å². The van der Waals surface area contributed by atoms with Crippen molar-refractivity contribution in [3.05, 3.63) is 64.2 Å². The number of rotatable bonds is 5. The number of benzene rings is 2. The van der Waals surface area contributed by atoms with Gasteiger partial charge in [0.2, 0.25) is 0 Å². The molecule has 2 aromatic rings. The van der Waals surface area contributed by atoms with Gasteiger partial charge in [-0.15, -0.1) is 0 Å². The van der Waals surface area contributed by atoms with Gasteiger partial charge >= 0.3 is 5.97 Å². The molecule has 0 aliphatic carbocycles. The van der Waals surface area contributed by atoms with E-state index < -0.39 is 17.9 Å². The van der Waals surface area contributed by atoms with Gasteiger partial charge in [-0.1, -0.05) is 17.7 Å². The highest BCUT2D eigenvalue weighted by Gasteiger charge is 2.16. The fourth-order valence-corrected chi connectivity index (χ4v) is 2.78. The molecule has 136 valence electrons. The van der Waals surface area contributed by atoms with E-state index in [2.05, 4.69) is 10.6 Å². The predicted octanol–water partition coefficient (Wildman–Crippen LogP) is 3.07. The lowest BCUT2D eigenvalue weighted by Crippen LogP contribution is -2.38. The third kappa shape index (κ3) is 4.47. The van der Waals surface area contributed by atoms with E-state index in [1.807, 2.05) is 32.9 Å². The summed E-state index contributed by atoms with van der Waals surface area (Å²) >= 11 is 0. The third-order valence-electron chi connectivity index (χ3n) is 4.03. The fourth-order valence-electron chi connectivity index (χ4n) is 2.78. The summed E-state index contributed by atoms with van der Waals surface area (Å²) in [7, 11) is 0. The minimum atomic E-state index is -1.11. The molecule has 2 rings (SSSR count). The lowest BCUT2D eigenvalue weighted by atomic mass is 9.99. The second kappa shape index (κ2) is 7.82. The highest BCUT2D eigenvalue weighted by molar-refractivity contribution is 6.06. The summed E-state index contributed by atoms with van der Waals surface area (Å²) in [5.41, 5.74) is 4.41. The van der Waals surface area contributed by atoms with E-state index >= 15 is 0 Å². The average Bonchev–Trinajstić information content (AvgIpc) is 2.54. The van der Waals surface area contributed by atoms with E-state index in [-0.39, 0.29) is 5.91 Å². The first-order valence-corrected chi connectivity index (χ1v) is 8.22. The van der Waals surface area contributed by atoms with Gasteiger partial charge in [-0.25, -0.2) is 0 Å². The summed E-state index contributed by atoms with van der Waals surface area (Å²) in [6.45, 7) is 7.16. The molecule has 0 bridgehead atoms. The molecule has 0 radical (unpaired) electrons. The monoisotopic (exact) mass is 354 g/mol. The maximum Gasteiger partial charge on any atom is 0.325 e. The first-order valence-electron chi connectivity index (χ1n) is 8.22. The largest absolute Gasteiger partial charge is 0.480 e. The Kier molecular flexibility index (Phi) is 5.77. The molecule has 1 atom stereocenters. The molecular formula is C20H22N2O4. The van der Waals surface area contributed by atoms with Gasteiger partial charge in [0.1, 0.15) is 6.04 Å². The molecule has 0 fully saturated rings. The Balaban J connectivity index is 2.11. The van der Waals surface area contributed by atoms with Crippen LogP contribution in [0.1, 0.15) is 44.3 Å². The van der Waals surface area contributed by atoms with E-state index in [9.17, 15) is 14.4 Å². The van der Waals surface area contributed by atoms with Crippen LogP contribution in [0, 0.1) is 20.8 Å².